The van der Waals surface area contributed by atoms with Crippen LogP contribution >= 0.6 is 0 Å². The number of anilines is 1. The molecule has 1 fully saturated rings. The summed E-state index contributed by atoms with van der Waals surface area (Å²) in [5.41, 5.74) is 2.15. The highest BCUT2D eigenvalue weighted by Gasteiger charge is 2.30. The first-order chi connectivity index (χ1) is 13.1. The first kappa shape index (κ1) is 17.9. The number of carbonyl (C=O) groups excluding carboxylic acids is 2. The van der Waals surface area contributed by atoms with Crippen LogP contribution in [0.5, 0.6) is 0 Å². The van der Waals surface area contributed by atoms with Crippen LogP contribution in [0.2, 0.25) is 0 Å². The summed E-state index contributed by atoms with van der Waals surface area (Å²) >= 11 is 0. The minimum atomic E-state index is -1.37. The van der Waals surface area contributed by atoms with E-state index in [1.807, 2.05) is 35.2 Å². The second-order valence-corrected chi connectivity index (χ2v) is 8.41. The monoisotopic (exact) mass is 382 g/mol. The van der Waals surface area contributed by atoms with Crippen LogP contribution in [0.25, 0.3) is 0 Å². The second-order valence-electron chi connectivity index (χ2n) is 6.99. The van der Waals surface area contributed by atoms with Crippen molar-refractivity contribution in [3.63, 3.8) is 0 Å². The minimum Gasteiger partial charge on any atom is -0.339 e. The fourth-order valence-electron chi connectivity index (χ4n) is 3.67. The summed E-state index contributed by atoms with van der Waals surface area (Å²) in [6, 6.07) is 14.9. The van der Waals surface area contributed by atoms with Crippen LogP contribution in [0.15, 0.2) is 53.4 Å². The summed E-state index contributed by atoms with van der Waals surface area (Å²) < 4.78 is 12.4. The maximum Gasteiger partial charge on any atom is 0.253 e. The number of hydrogen-bond donors (Lipinski definition) is 0. The Balaban J connectivity index is 1.68. The van der Waals surface area contributed by atoms with E-state index in [0.717, 1.165) is 37.9 Å². The molecule has 1 saturated heterocycles. The van der Waals surface area contributed by atoms with Crippen molar-refractivity contribution in [1.82, 2.24) is 4.90 Å². The summed E-state index contributed by atoms with van der Waals surface area (Å²) in [4.78, 5) is 29.6. The fourth-order valence-corrected chi connectivity index (χ4v) is 4.83. The molecule has 0 aliphatic carbocycles. The van der Waals surface area contributed by atoms with Crippen molar-refractivity contribution >= 4 is 28.3 Å². The lowest BCUT2D eigenvalue weighted by atomic mass is 10.1. The highest BCUT2D eigenvalue weighted by atomic mass is 32.2. The first-order valence-electron chi connectivity index (χ1n) is 9.29. The lowest BCUT2D eigenvalue weighted by Gasteiger charge is -2.30. The number of carbonyl (C=O) groups is 2. The number of rotatable bonds is 3. The fraction of sp³-hybridized carbons (Fsp3) is 0.333. The van der Waals surface area contributed by atoms with E-state index in [0.29, 0.717) is 22.7 Å². The van der Waals surface area contributed by atoms with E-state index in [2.05, 4.69) is 0 Å². The van der Waals surface area contributed by atoms with E-state index in [9.17, 15) is 13.8 Å². The average Bonchev–Trinajstić information content (AvgIpc) is 2.71. The zero-order valence-corrected chi connectivity index (χ0v) is 15.9. The molecule has 2 heterocycles. The van der Waals surface area contributed by atoms with Gasteiger partial charge in [0.15, 0.2) is 0 Å². The quantitative estimate of drug-likeness (QED) is 0.820. The number of likely N-dealkylation sites (tertiary alicyclic amines) is 1. The number of amides is 2. The van der Waals surface area contributed by atoms with Crippen molar-refractivity contribution in [3.05, 3.63) is 59.7 Å². The van der Waals surface area contributed by atoms with Gasteiger partial charge in [-0.1, -0.05) is 30.3 Å². The molecule has 0 aromatic heterocycles. The maximum atomic E-state index is 12.9. The van der Waals surface area contributed by atoms with E-state index in [4.69, 9.17) is 0 Å². The number of nitrogens with zero attached hydrogens (tertiary/aromatic N) is 2. The van der Waals surface area contributed by atoms with E-state index in [1.54, 1.807) is 23.1 Å². The van der Waals surface area contributed by atoms with Crippen LogP contribution in [-0.4, -0.2) is 39.8 Å². The van der Waals surface area contributed by atoms with Crippen molar-refractivity contribution in [1.29, 1.82) is 0 Å². The van der Waals surface area contributed by atoms with Crippen molar-refractivity contribution < 1.29 is 13.8 Å². The first-order valence-corrected chi connectivity index (χ1v) is 10.6. The Bertz CT molecular complexity index is 892. The number of hydrogen-bond acceptors (Lipinski definition) is 3. The molecule has 0 bridgehead atoms. The molecule has 0 saturated carbocycles. The van der Waals surface area contributed by atoms with Gasteiger partial charge in [0, 0.05) is 18.7 Å². The Morgan fingerprint density at radius 3 is 2.48 bits per heavy atom. The van der Waals surface area contributed by atoms with Crippen LogP contribution in [-0.2, 0) is 22.1 Å². The zero-order valence-electron chi connectivity index (χ0n) is 15.1. The van der Waals surface area contributed by atoms with E-state index < -0.39 is 10.8 Å². The third-order valence-corrected chi connectivity index (χ3v) is 6.47. The Morgan fingerprint density at radius 2 is 1.74 bits per heavy atom. The van der Waals surface area contributed by atoms with Crippen molar-refractivity contribution in [2.24, 2.45) is 0 Å². The van der Waals surface area contributed by atoms with Gasteiger partial charge >= 0.3 is 0 Å². The van der Waals surface area contributed by atoms with Crippen molar-refractivity contribution in [2.45, 2.75) is 30.7 Å². The third kappa shape index (κ3) is 3.67. The van der Waals surface area contributed by atoms with Gasteiger partial charge in [0.1, 0.15) is 5.75 Å². The second kappa shape index (κ2) is 7.64. The topological polar surface area (TPSA) is 57.7 Å². The molecule has 1 unspecified atom stereocenters. The van der Waals surface area contributed by atoms with Crippen LogP contribution in [0.4, 0.5) is 5.69 Å². The SMILES string of the molecule is O=C(c1ccc2c(c1)N(Cc1ccccc1)C(=O)CS2=O)N1CCCCC1. The molecule has 0 N–H and O–H groups in total. The molecule has 140 valence electrons. The highest BCUT2D eigenvalue weighted by molar-refractivity contribution is 7.86. The normalized spacial score (nSPS) is 19.7. The average molecular weight is 382 g/mol. The van der Waals surface area contributed by atoms with E-state index >= 15 is 0 Å². The van der Waals surface area contributed by atoms with Gasteiger partial charge in [-0.2, -0.15) is 0 Å². The third-order valence-electron chi connectivity index (χ3n) is 5.12. The summed E-state index contributed by atoms with van der Waals surface area (Å²) in [5, 5.41) is 0. The van der Waals surface area contributed by atoms with Gasteiger partial charge < -0.3 is 9.80 Å². The van der Waals surface area contributed by atoms with E-state index in [-0.39, 0.29) is 17.6 Å². The minimum absolute atomic E-state index is 0.0130. The molecular formula is C21H22N2O3S. The van der Waals surface area contributed by atoms with Gasteiger partial charge in [-0.3, -0.25) is 13.8 Å². The lowest BCUT2D eigenvalue weighted by Crippen LogP contribution is -2.39. The predicted octanol–water partition coefficient (Wildman–Crippen LogP) is 2.97. The number of piperidine rings is 1. The van der Waals surface area contributed by atoms with Crippen molar-refractivity contribution in [3.8, 4) is 0 Å². The van der Waals surface area contributed by atoms with Gasteiger partial charge in [-0.25, -0.2) is 0 Å². The van der Waals surface area contributed by atoms with Gasteiger partial charge in [-0.15, -0.1) is 0 Å². The lowest BCUT2D eigenvalue weighted by molar-refractivity contribution is -0.116. The maximum absolute atomic E-state index is 12.9. The molecule has 2 aliphatic heterocycles. The van der Waals surface area contributed by atoms with Crippen LogP contribution in [0.3, 0.4) is 0 Å². The van der Waals surface area contributed by atoms with E-state index in [1.165, 1.54) is 0 Å². The molecule has 6 heteroatoms. The van der Waals surface area contributed by atoms with Gasteiger partial charge in [0.2, 0.25) is 5.91 Å². The molecule has 27 heavy (non-hydrogen) atoms. The Morgan fingerprint density at radius 1 is 1.00 bits per heavy atom. The van der Waals surface area contributed by atoms with Crippen LogP contribution in [0.1, 0.15) is 35.2 Å². The number of fused-ring (bicyclic) bond motifs is 1. The summed E-state index contributed by atoms with van der Waals surface area (Å²) in [7, 11) is -1.37. The summed E-state index contributed by atoms with van der Waals surface area (Å²) in [6.07, 6.45) is 3.21. The summed E-state index contributed by atoms with van der Waals surface area (Å²) in [5.74, 6) is -0.201. The van der Waals surface area contributed by atoms with Crippen LogP contribution in [0, 0.1) is 0 Å². The van der Waals surface area contributed by atoms with Crippen molar-refractivity contribution in [2.75, 3.05) is 23.7 Å². The van der Waals surface area contributed by atoms with Gasteiger partial charge in [0.25, 0.3) is 5.91 Å². The van der Waals surface area contributed by atoms with Gasteiger partial charge in [-0.05, 0) is 43.0 Å². The number of benzene rings is 2. The zero-order chi connectivity index (χ0) is 18.8. The molecule has 2 aliphatic rings. The molecule has 5 nitrogen and oxygen atoms in total. The molecule has 1 atom stereocenters. The molecule has 4 rings (SSSR count). The highest BCUT2D eigenvalue weighted by Crippen LogP contribution is 2.32. The predicted molar refractivity (Wildman–Crippen MR) is 105 cm³/mol. The largest absolute Gasteiger partial charge is 0.339 e. The Hall–Kier alpha value is -2.47. The van der Waals surface area contributed by atoms with Gasteiger partial charge in [0.05, 0.1) is 27.9 Å². The Labute approximate surface area is 161 Å². The van der Waals surface area contributed by atoms with Crippen LogP contribution < -0.4 is 4.90 Å². The Kier molecular flexibility index (Phi) is 5.07. The molecule has 2 amide bonds. The molecule has 2 aromatic rings. The molecule has 0 radical (unpaired) electrons. The molecule has 0 spiro atoms. The molecular weight excluding hydrogens is 360 g/mol. The smallest absolute Gasteiger partial charge is 0.253 e. The summed E-state index contributed by atoms with van der Waals surface area (Å²) in [6.45, 7) is 1.95. The molecule has 2 aromatic carbocycles. The standard InChI is InChI=1S/C21H22N2O3S/c24-20-15-27(26)19-10-9-17(21(25)22-11-5-2-6-12-22)13-18(19)23(20)14-16-7-3-1-4-8-16/h1,3-4,7-10,13H,2,5-6,11-12,14-15H2.